The van der Waals surface area contributed by atoms with E-state index < -0.39 is 0 Å². The highest BCUT2D eigenvalue weighted by molar-refractivity contribution is 5.85. The minimum Gasteiger partial charge on any atom is -0.356 e. The van der Waals surface area contributed by atoms with E-state index in [0.29, 0.717) is 5.92 Å². The van der Waals surface area contributed by atoms with Gasteiger partial charge in [0.05, 0.1) is 0 Å². The van der Waals surface area contributed by atoms with E-state index in [2.05, 4.69) is 24.5 Å². The van der Waals surface area contributed by atoms with Gasteiger partial charge in [-0.2, -0.15) is 0 Å². The Morgan fingerprint density at radius 1 is 1.40 bits per heavy atom. The molecular formula is C16H33ClN2O. The lowest BCUT2D eigenvalue weighted by atomic mass is 9.95. The van der Waals surface area contributed by atoms with Crippen molar-refractivity contribution in [2.45, 2.75) is 65.2 Å². The molecule has 2 unspecified atom stereocenters. The van der Waals surface area contributed by atoms with Gasteiger partial charge in [0.1, 0.15) is 0 Å². The number of unbranched alkanes of at least 4 members (excludes halogenated alkanes) is 1. The predicted molar refractivity (Wildman–Crippen MR) is 88.4 cm³/mol. The molecule has 3 nitrogen and oxygen atoms in total. The van der Waals surface area contributed by atoms with Crippen LogP contribution in [-0.4, -0.2) is 25.5 Å². The van der Waals surface area contributed by atoms with Gasteiger partial charge in [0.25, 0.3) is 0 Å². The standard InChI is InChI=1S/C16H32N2O.ClH/c1-3-5-7-14(4-2)12-16(19)18-11-9-15-8-6-10-17-13-15;/h14-15,17H,3-13H2,1-2H3,(H,18,19);1H. The number of carbonyl (C=O) groups excluding carboxylic acids is 1. The van der Waals surface area contributed by atoms with Gasteiger partial charge < -0.3 is 10.6 Å². The number of piperidine rings is 1. The van der Waals surface area contributed by atoms with Crippen molar-refractivity contribution in [3.63, 3.8) is 0 Å². The van der Waals surface area contributed by atoms with Gasteiger partial charge in [-0.25, -0.2) is 0 Å². The van der Waals surface area contributed by atoms with Crippen LogP contribution in [0.1, 0.15) is 65.2 Å². The second kappa shape index (κ2) is 12.5. The molecule has 0 bridgehead atoms. The van der Waals surface area contributed by atoms with Gasteiger partial charge >= 0.3 is 0 Å². The van der Waals surface area contributed by atoms with E-state index in [4.69, 9.17) is 0 Å². The summed E-state index contributed by atoms with van der Waals surface area (Å²) in [7, 11) is 0. The molecule has 0 aromatic heterocycles. The molecule has 2 atom stereocenters. The Morgan fingerprint density at radius 3 is 2.80 bits per heavy atom. The van der Waals surface area contributed by atoms with Crippen molar-refractivity contribution in [1.82, 2.24) is 10.6 Å². The first kappa shape index (κ1) is 19.7. The third-order valence-electron chi connectivity index (χ3n) is 4.29. The second-order valence-corrected chi connectivity index (χ2v) is 5.97. The predicted octanol–water partition coefficient (Wildman–Crippen LogP) is 3.52. The van der Waals surface area contributed by atoms with E-state index in [9.17, 15) is 4.79 Å². The number of carbonyl (C=O) groups is 1. The fraction of sp³-hybridized carbons (Fsp3) is 0.938. The Labute approximate surface area is 131 Å². The highest BCUT2D eigenvalue weighted by Crippen LogP contribution is 2.17. The summed E-state index contributed by atoms with van der Waals surface area (Å²) in [5, 5.41) is 6.53. The molecule has 1 rings (SSSR count). The van der Waals surface area contributed by atoms with Crippen LogP contribution in [-0.2, 0) is 4.79 Å². The maximum absolute atomic E-state index is 11.9. The molecule has 2 N–H and O–H groups in total. The summed E-state index contributed by atoms with van der Waals surface area (Å²) in [5.74, 6) is 1.60. The van der Waals surface area contributed by atoms with Crippen LogP contribution in [0.2, 0.25) is 0 Å². The molecule has 0 saturated carbocycles. The highest BCUT2D eigenvalue weighted by Gasteiger charge is 2.14. The van der Waals surface area contributed by atoms with Gasteiger partial charge in [-0.05, 0) is 50.6 Å². The minimum absolute atomic E-state index is 0. The zero-order valence-electron chi connectivity index (χ0n) is 13.2. The first-order chi connectivity index (χ1) is 9.26. The molecule has 1 aliphatic heterocycles. The third kappa shape index (κ3) is 8.80. The molecule has 1 amide bonds. The van der Waals surface area contributed by atoms with E-state index >= 15 is 0 Å². The number of halogens is 1. The maximum Gasteiger partial charge on any atom is 0.220 e. The van der Waals surface area contributed by atoms with E-state index in [1.54, 1.807) is 0 Å². The van der Waals surface area contributed by atoms with Crippen molar-refractivity contribution in [2.75, 3.05) is 19.6 Å². The lowest BCUT2D eigenvalue weighted by molar-refractivity contribution is -0.122. The molecule has 1 heterocycles. The van der Waals surface area contributed by atoms with E-state index in [-0.39, 0.29) is 18.3 Å². The summed E-state index contributed by atoms with van der Waals surface area (Å²) in [5.41, 5.74) is 0. The van der Waals surface area contributed by atoms with Crippen LogP contribution in [0.15, 0.2) is 0 Å². The first-order valence-corrected chi connectivity index (χ1v) is 8.23. The summed E-state index contributed by atoms with van der Waals surface area (Å²) in [6.07, 6.45) is 9.26. The normalized spacial score (nSPS) is 20.0. The molecule has 0 spiro atoms. The van der Waals surface area contributed by atoms with E-state index in [1.165, 1.54) is 38.6 Å². The monoisotopic (exact) mass is 304 g/mol. The van der Waals surface area contributed by atoms with Gasteiger partial charge in [-0.1, -0.05) is 33.1 Å². The van der Waals surface area contributed by atoms with Crippen molar-refractivity contribution >= 4 is 18.3 Å². The van der Waals surface area contributed by atoms with Crippen molar-refractivity contribution in [1.29, 1.82) is 0 Å². The largest absolute Gasteiger partial charge is 0.356 e. The van der Waals surface area contributed by atoms with Crippen molar-refractivity contribution < 1.29 is 4.79 Å². The molecule has 4 heteroatoms. The smallest absolute Gasteiger partial charge is 0.220 e. The fourth-order valence-electron chi connectivity index (χ4n) is 2.86. The molecule has 0 radical (unpaired) electrons. The van der Waals surface area contributed by atoms with Crippen LogP contribution in [0.4, 0.5) is 0 Å². The topological polar surface area (TPSA) is 41.1 Å². The van der Waals surface area contributed by atoms with Gasteiger partial charge in [0.2, 0.25) is 5.91 Å². The lowest BCUT2D eigenvalue weighted by Gasteiger charge is -2.22. The van der Waals surface area contributed by atoms with Crippen LogP contribution in [0, 0.1) is 11.8 Å². The second-order valence-electron chi connectivity index (χ2n) is 5.97. The number of amides is 1. The van der Waals surface area contributed by atoms with E-state index in [0.717, 1.165) is 38.3 Å². The average molecular weight is 305 g/mol. The SMILES string of the molecule is CCCCC(CC)CC(=O)NCCC1CCCNC1.Cl. The van der Waals surface area contributed by atoms with Crippen molar-refractivity contribution in [3.05, 3.63) is 0 Å². The Morgan fingerprint density at radius 2 is 2.20 bits per heavy atom. The average Bonchev–Trinajstić information content (AvgIpc) is 2.44. The first-order valence-electron chi connectivity index (χ1n) is 8.23. The highest BCUT2D eigenvalue weighted by atomic mass is 35.5. The van der Waals surface area contributed by atoms with Gasteiger partial charge in [-0.15, -0.1) is 12.4 Å². The van der Waals surface area contributed by atoms with Gasteiger partial charge in [0, 0.05) is 13.0 Å². The van der Waals surface area contributed by atoms with Crippen molar-refractivity contribution in [2.24, 2.45) is 11.8 Å². The molecule has 1 saturated heterocycles. The zero-order chi connectivity index (χ0) is 13.9. The van der Waals surface area contributed by atoms with E-state index in [1.807, 2.05) is 0 Å². The van der Waals surface area contributed by atoms with Crippen molar-refractivity contribution in [3.8, 4) is 0 Å². The van der Waals surface area contributed by atoms with Crippen LogP contribution < -0.4 is 10.6 Å². The number of hydrogen-bond acceptors (Lipinski definition) is 2. The Kier molecular flexibility index (Phi) is 12.3. The molecule has 120 valence electrons. The molecule has 0 aliphatic carbocycles. The quantitative estimate of drug-likeness (QED) is 0.684. The number of nitrogens with one attached hydrogen (secondary N) is 2. The lowest BCUT2D eigenvalue weighted by Crippen LogP contribution is -2.33. The molecule has 0 aromatic rings. The molecule has 20 heavy (non-hydrogen) atoms. The fourth-order valence-corrected chi connectivity index (χ4v) is 2.86. The summed E-state index contributed by atoms with van der Waals surface area (Å²) in [4.78, 5) is 11.9. The molecule has 0 aromatic carbocycles. The summed E-state index contributed by atoms with van der Waals surface area (Å²) in [6.45, 7) is 7.56. The molecule has 1 aliphatic rings. The Bertz CT molecular complexity index is 243. The van der Waals surface area contributed by atoms with Crippen LogP contribution in [0.3, 0.4) is 0 Å². The summed E-state index contributed by atoms with van der Waals surface area (Å²) < 4.78 is 0. The van der Waals surface area contributed by atoms with Crippen LogP contribution >= 0.6 is 12.4 Å². The Hall–Kier alpha value is -0.280. The summed E-state index contributed by atoms with van der Waals surface area (Å²) in [6, 6.07) is 0. The summed E-state index contributed by atoms with van der Waals surface area (Å²) >= 11 is 0. The number of rotatable bonds is 9. The van der Waals surface area contributed by atoms with Crippen LogP contribution in [0.25, 0.3) is 0 Å². The Balaban J connectivity index is 0.00000361. The minimum atomic E-state index is 0. The number of hydrogen-bond donors (Lipinski definition) is 2. The molecular weight excluding hydrogens is 272 g/mol. The van der Waals surface area contributed by atoms with Gasteiger partial charge in [0.15, 0.2) is 0 Å². The van der Waals surface area contributed by atoms with Gasteiger partial charge in [-0.3, -0.25) is 4.79 Å². The third-order valence-corrected chi connectivity index (χ3v) is 4.29. The maximum atomic E-state index is 11.9. The van der Waals surface area contributed by atoms with Crippen LogP contribution in [0.5, 0.6) is 0 Å². The molecule has 1 fully saturated rings. The zero-order valence-corrected chi connectivity index (χ0v) is 14.1.